The maximum absolute atomic E-state index is 11.9. The zero-order chi connectivity index (χ0) is 12.9. The van der Waals surface area contributed by atoms with Crippen LogP contribution in [0.25, 0.3) is 0 Å². The fourth-order valence-corrected chi connectivity index (χ4v) is 3.79. The van der Waals surface area contributed by atoms with Gasteiger partial charge in [-0.15, -0.1) is 22.9 Å². The standard InChI is InChI=1S/C11H18ClNO2S2/c1-10(8-12)9-17(14,15)13(2)6-5-11-4-3-7-16-11/h3-4,7,10H,5-6,8-9H2,1-2H3. The van der Waals surface area contributed by atoms with E-state index in [1.54, 1.807) is 18.4 Å². The molecule has 1 atom stereocenters. The molecule has 0 aliphatic rings. The third-order valence-corrected chi connectivity index (χ3v) is 6.07. The third-order valence-electron chi connectivity index (χ3n) is 2.49. The molecule has 0 aliphatic heterocycles. The Balaban J connectivity index is 2.48. The molecule has 1 heterocycles. The molecule has 0 spiro atoms. The molecule has 1 unspecified atom stereocenters. The summed E-state index contributed by atoms with van der Waals surface area (Å²) >= 11 is 7.29. The fraction of sp³-hybridized carbons (Fsp3) is 0.636. The number of thiophene rings is 1. The first-order valence-electron chi connectivity index (χ1n) is 5.48. The molecule has 1 aromatic heterocycles. The van der Waals surface area contributed by atoms with Gasteiger partial charge in [0.05, 0.1) is 5.75 Å². The van der Waals surface area contributed by atoms with Gasteiger partial charge in [-0.2, -0.15) is 0 Å². The van der Waals surface area contributed by atoms with E-state index in [0.29, 0.717) is 12.4 Å². The number of likely N-dealkylation sites (N-methyl/N-ethyl adjacent to an activating group) is 1. The van der Waals surface area contributed by atoms with E-state index < -0.39 is 10.0 Å². The number of hydrogen-bond acceptors (Lipinski definition) is 3. The summed E-state index contributed by atoms with van der Waals surface area (Å²) in [4.78, 5) is 1.21. The van der Waals surface area contributed by atoms with Crippen molar-refractivity contribution in [1.82, 2.24) is 4.31 Å². The maximum Gasteiger partial charge on any atom is 0.214 e. The minimum Gasteiger partial charge on any atom is -0.212 e. The van der Waals surface area contributed by atoms with E-state index in [0.717, 1.165) is 6.42 Å². The average Bonchev–Trinajstić information content (AvgIpc) is 2.77. The Morgan fingerprint density at radius 1 is 1.53 bits per heavy atom. The maximum atomic E-state index is 11.9. The summed E-state index contributed by atoms with van der Waals surface area (Å²) in [6.45, 7) is 2.37. The van der Waals surface area contributed by atoms with Crippen LogP contribution in [0.4, 0.5) is 0 Å². The first-order valence-corrected chi connectivity index (χ1v) is 8.50. The Hall–Kier alpha value is -0.100. The van der Waals surface area contributed by atoms with Gasteiger partial charge in [-0.1, -0.05) is 13.0 Å². The zero-order valence-electron chi connectivity index (χ0n) is 10.1. The second-order valence-corrected chi connectivity index (χ2v) is 7.65. The van der Waals surface area contributed by atoms with Crippen LogP contribution in [0.2, 0.25) is 0 Å². The number of alkyl halides is 1. The van der Waals surface area contributed by atoms with E-state index in [2.05, 4.69) is 0 Å². The normalized spacial score (nSPS) is 14.1. The molecule has 6 heteroatoms. The van der Waals surface area contributed by atoms with E-state index in [-0.39, 0.29) is 11.7 Å². The minimum absolute atomic E-state index is 0.00847. The summed E-state index contributed by atoms with van der Waals surface area (Å²) in [7, 11) is -1.54. The highest BCUT2D eigenvalue weighted by atomic mass is 35.5. The predicted octanol–water partition coefficient (Wildman–Crippen LogP) is 2.43. The second kappa shape index (κ2) is 6.73. The number of sulfonamides is 1. The minimum atomic E-state index is -3.17. The largest absolute Gasteiger partial charge is 0.214 e. The molecule has 0 saturated carbocycles. The summed E-state index contributed by atoms with van der Waals surface area (Å²) in [5.41, 5.74) is 0. The van der Waals surface area contributed by atoms with Crippen molar-refractivity contribution in [1.29, 1.82) is 0 Å². The van der Waals surface area contributed by atoms with Crippen LogP contribution in [0.5, 0.6) is 0 Å². The van der Waals surface area contributed by atoms with Gasteiger partial charge in [-0.05, 0) is 23.8 Å². The van der Waals surface area contributed by atoms with Crippen molar-refractivity contribution in [2.24, 2.45) is 5.92 Å². The molecule has 0 aromatic carbocycles. The van der Waals surface area contributed by atoms with Crippen LogP contribution >= 0.6 is 22.9 Å². The van der Waals surface area contributed by atoms with Crippen molar-refractivity contribution in [3.63, 3.8) is 0 Å². The van der Waals surface area contributed by atoms with Crippen LogP contribution in [0.1, 0.15) is 11.8 Å². The highest BCUT2D eigenvalue weighted by Gasteiger charge is 2.20. The molecule has 0 amide bonds. The molecule has 0 aliphatic carbocycles. The van der Waals surface area contributed by atoms with Crippen molar-refractivity contribution >= 4 is 33.0 Å². The molecule has 98 valence electrons. The quantitative estimate of drug-likeness (QED) is 0.725. The van der Waals surface area contributed by atoms with E-state index >= 15 is 0 Å². The van der Waals surface area contributed by atoms with Crippen molar-refractivity contribution in [2.45, 2.75) is 13.3 Å². The highest BCUT2D eigenvalue weighted by Crippen LogP contribution is 2.12. The smallest absolute Gasteiger partial charge is 0.212 e. The zero-order valence-corrected chi connectivity index (χ0v) is 12.5. The Morgan fingerprint density at radius 3 is 2.76 bits per heavy atom. The summed E-state index contributed by atoms with van der Waals surface area (Å²) in [5, 5.41) is 2.00. The van der Waals surface area contributed by atoms with Gasteiger partial charge in [0.15, 0.2) is 0 Å². The molecule has 3 nitrogen and oxygen atoms in total. The number of nitrogens with zero attached hydrogens (tertiary/aromatic N) is 1. The molecule has 0 saturated heterocycles. The van der Waals surface area contributed by atoms with E-state index in [1.807, 2.05) is 24.4 Å². The Kier molecular flexibility index (Phi) is 5.92. The lowest BCUT2D eigenvalue weighted by atomic mass is 10.3. The Morgan fingerprint density at radius 2 is 2.24 bits per heavy atom. The Labute approximate surface area is 112 Å². The lowest BCUT2D eigenvalue weighted by Gasteiger charge is -2.18. The van der Waals surface area contributed by atoms with Gasteiger partial charge in [0.1, 0.15) is 0 Å². The van der Waals surface area contributed by atoms with Crippen molar-refractivity contribution in [3.05, 3.63) is 22.4 Å². The summed E-state index contributed by atoms with van der Waals surface area (Å²) in [5.74, 6) is 0.487. The topological polar surface area (TPSA) is 37.4 Å². The van der Waals surface area contributed by atoms with Crippen LogP contribution in [-0.2, 0) is 16.4 Å². The monoisotopic (exact) mass is 295 g/mol. The van der Waals surface area contributed by atoms with Crippen LogP contribution in [0, 0.1) is 5.92 Å². The molecule has 0 bridgehead atoms. The second-order valence-electron chi connectivity index (χ2n) is 4.19. The summed E-state index contributed by atoms with van der Waals surface area (Å²) < 4.78 is 25.3. The van der Waals surface area contributed by atoms with Gasteiger partial charge in [0, 0.05) is 24.3 Å². The van der Waals surface area contributed by atoms with Crippen molar-refractivity contribution in [3.8, 4) is 0 Å². The third kappa shape index (κ3) is 4.95. The number of halogens is 1. The summed E-state index contributed by atoms with van der Waals surface area (Å²) in [6.07, 6.45) is 0.767. The lowest BCUT2D eigenvalue weighted by Crippen LogP contribution is -2.33. The van der Waals surface area contributed by atoms with Crippen LogP contribution in [-0.4, -0.2) is 37.9 Å². The van der Waals surface area contributed by atoms with Gasteiger partial charge < -0.3 is 0 Å². The predicted molar refractivity (Wildman–Crippen MR) is 74.3 cm³/mol. The van der Waals surface area contributed by atoms with Crippen molar-refractivity contribution in [2.75, 3.05) is 25.2 Å². The van der Waals surface area contributed by atoms with Crippen molar-refractivity contribution < 1.29 is 8.42 Å². The van der Waals surface area contributed by atoms with Crippen LogP contribution < -0.4 is 0 Å². The molecule has 1 rings (SSSR count). The van der Waals surface area contributed by atoms with Gasteiger partial charge in [0.25, 0.3) is 0 Å². The van der Waals surface area contributed by atoms with Gasteiger partial charge in [0.2, 0.25) is 10.0 Å². The fourth-order valence-electron chi connectivity index (χ4n) is 1.39. The average molecular weight is 296 g/mol. The molecule has 1 aromatic rings. The lowest BCUT2D eigenvalue weighted by molar-refractivity contribution is 0.467. The molecule has 17 heavy (non-hydrogen) atoms. The van der Waals surface area contributed by atoms with Gasteiger partial charge >= 0.3 is 0 Å². The molecule has 0 radical (unpaired) electrons. The van der Waals surface area contributed by atoms with E-state index in [9.17, 15) is 8.42 Å². The summed E-state index contributed by atoms with van der Waals surface area (Å²) in [6, 6.07) is 4.00. The SMILES string of the molecule is CC(CCl)CS(=O)(=O)N(C)CCc1cccs1. The molecular weight excluding hydrogens is 278 g/mol. The van der Waals surface area contributed by atoms with E-state index in [1.165, 1.54) is 9.18 Å². The van der Waals surface area contributed by atoms with Crippen LogP contribution in [0.15, 0.2) is 17.5 Å². The van der Waals surface area contributed by atoms with Gasteiger partial charge in [-0.3, -0.25) is 0 Å². The Bertz CT molecular complexity index is 417. The first-order chi connectivity index (χ1) is 7.95. The van der Waals surface area contributed by atoms with Crippen LogP contribution in [0.3, 0.4) is 0 Å². The number of hydrogen-bond donors (Lipinski definition) is 0. The highest BCUT2D eigenvalue weighted by molar-refractivity contribution is 7.89. The first kappa shape index (κ1) is 15.0. The van der Waals surface area contributed by atoms with Gasteiger partial charge in [-0.25, -0.2) is 12.7 Å². The number of rotatable bonds is 7. The van der Waals surface area contributed by atoms with E-state index in [4.69, 9.17) is 11.6 Å². The molecule has 0 fully saturated rings. The molecular formula is C11H18ClNO2S2. The molecule has 0 N–H and O–H groups in total.